The van der Waals surface area contributed by atoms with E-state index < -0.39 is 28.3 Å². The minimum absolute atomic E-state index is 0.0706. The molecule has 2 rings (SSSR count). The Hall–Kier alpha value is -3.41. The number of aromatic amines is 2. The summed E-state index contributed by atoms with van der Waals surface area (Å²) in [4.78, 5) is 34.9. The van der Waals surface area contributed by atoms with E-state index in [1.807, 2.05) is 6.07 Å². The van der Waals surface area contributed by atoms with Crippen molar-refractivity contribution in [2.75, 3.05) is 6.61 Å². The first-order valence-corrected chi connectivity index (χ1v) is 7.48. The SMILES string of the molecule is CCOC(=O)[C@@H](C#N)[C@H](c1cccc([N+](=O)[O-])c1)c1c(C)[nH][nH]c1=O. The molecule has 2 atom stereocenters. The fourth-order valence-electron chi connectivity index (χ4n) is 2.68. The maximum Gasteiger partial charge on any atom is 0.324 e. The lowest BCUT2D eigenvalue weighted by molar-refractivity contribution is -0.384. The van der Waals surface area contributed by atoms with Crippen molar-refractivity contribution in [1.82, 2.24) is 10.2 Å². The van der Waals surface area contributed by atoms with Crippen molar-refractivity contribution in [2.24, 2.45) is 5.92 Å². The summed E-state index contributed by atoms with van der Waals surface area (Å²) in [6.07, 6.45) is 0. The van der Waals surface area contributed by atoms with Crippen LogP contribution in [0.5, 0.6) is 0 Å². The van der Waals surface area contributed by atoms with Crippen LogP contribution < -0.4 is 5.56 Å². The van der Waals surface area contributed by atoms with Crippen molar-refractivity contribution >= 4 is 11.7 Å². The van der Waals surface area contributed by atoms with E-state index in [-0.39, 0.29) is 17.9 Å². The third kappa shape index (κ3) is 3.58. The Labute approximate surface area is 142 Å². The van der Waals surface area contributed by atoms with Crippen LogP contribution in [0.15, 0.2) is 29.1 Å². The van der Waals surface area contributed by atoms with Crippen LogP contribution in [0.1, 0.15) is 29.7 Å². The minimum Gasteiger partial charge on any atom is -0.465 e. The predicted octanol–water partition coefficient (Wildman–Crippen LogP) is 1.75. The summed E-state index contributed by atoms with van der Waals surface area (Å²) in [6, 6.07) is 7.38. The molecular weight excluding hydrogens is 328 g/mol. The second kappa shape index (κ2) is 7.44. The Kier molecular flexibility index (Phi) is 5.34. The van der Waals surface area contributed by atoms with Crippen LogP contribution in [0.2, 0.25) is 0 Å². The van der Waals surface area contributed by atoms with Crippen molar-refractivity contribution in [1.29, 1.82) is 5.26 Å². The number of hydrogen-bond acceptors (Lipinski definition) is 6. The number of ether oxygens (including phenoxy) is 1. The fraction of sp³-hybridized carbons (Fsp3) is 0.312. The van der Waals surface area contributed by atoms with Crippen LogP contribution in [0.25, 0.3) is 0 Å². The summed E-state index contributed by atoms with van der Waals surface area (Å²) in [5.74, 6) is -3.11. The highest BCUT2D eigenvalue weighted by atomic mass is 16.6. The molecule has 0 bridgehead atoms. The third-order valence-electron chi connectivity index (χ3n) is 3.78. The zero-order chi connectivity index (χ0) is 18.6. The molecule has 9 nitrogen and oxygen atoms in total. The highest BCUT2D eigenvalue weighted by molar-refractivity contribution is 5.77. The van der Waals surface area contributed by atoms with Crippen LogP contribution in [0, 0.1) is 34.3 Å². The summed E-state index contributed by atoms with van der Waals surface area (Å²) in [5, 5.41) is 25.6. The van der Waals surface area contributed by atoms with E-state index >= 15 is 0 Å². The zero-order valence-electron chi connectivity index (χ0n) is 13.6. The van der Waals surface area contributed by atoms with Gasteiger partial charge in [0.25, 0.3) is 11.2 Å². The average Bonchev–Trinajstić information content (AvgIpc) is 2.91. The number of aromatic nitrogens is 2. The zero-order valence-corrected chi connectivity index (χ0v) is 13.6. The lowest BCUT2D eigenvalue weighted by atomic mass is 9.81. The number of nitro benzene ring substituents is 1. The number of nitrogens with zero attached hydrogens (tertiary/aromatic N) is 2. The normalized spacial score (nSPS) is 12.8. The van der Waals surface area contributed by atoms with Gasteiger partial charge in [0.2, 0.25) is 0 Å². The molecule has 0 radical (unpaired) electrons. The van der Waals surface area contributed by atoms with Crippen LogP contribution >= 0.6 is 0 Å². The molecule has 0 amide bonds. The number of nitriles is 1. The average molecular weight is 344 g/mol. The Morgan fingerprint density at radius 1 is 1.44 bits per heavy atom. The number of nitrogens with one attached hydrogen (secondary N) is 2. The van der Waals surface area contributed by atoms with Crippen LogP contribution in [0.3, 0.4) is 0 Å². The molecule has 0 aliphatic heterocycles. The maximum absolute atomic E-state index is 12.2. The molecule has 0 unspecified atom stereocenters. The standard InChI is InChI=1S/C16H16N4O5/c1-3-25-16(22)12(8-17)14(13-9(2)18-19-15(13)21)10-5-4-6-11(7-10)20(23)24/h4-7,12,14H,3H2,1-2H3,(H2,18,19,21)/t12-,14-/m0/s1. The highest BCUT2D eigenvalue weighted by Crippen LogP contribution is 2.34. The molecule has 130 valence electrons. The van der Waals surface area contributed by atoms with Gasteiger partial charge in [0, 0.05) is 29.3 Å². The van der Waals surface area contributed by atoms with Gasteiger partial charge in [0.15, 0.2) is 5.92 Å². The first-order chi connectivity index (χ1) is 11.9. The molecule has 0 aliphatic rings. The number of non-ortho nitro benzene ring substituents is 1. The van der Waals surface area contributed by atoms with Gasteiger partial charge in [0.05, 0.1) is 17.6 Å². The number of aryl methyl sites for hydroxylation is 1. The third-order valence-corrected chi connectivity index (χ3v) is 3.78. The molecule has 25 heavy (non-hydrogen) atoms. The van der Waals surface area contributed by atoms with Gasteiger partial charge in [-0.3, -0.25) is 24.8 Å². The number of esters is 1. The monoisotopic (exact) mass is 344 g/mol. The number of rotatable bonds is 6. The molecule has 0 saturated carbocycles. The molecule has 2 N–H and O–H groups in total. The molecule has 9 heteroatoms. The Morgan fingerprint density at radius 2 is 2.16 bits per heavy atom. The highest BCUT2D eigenvalue weighted by Gasteiger charge is 2.36. The summed E-state index contributed by atoms with van der Waals surface area (Å²) < 4.78 is 4.94. The van der Waals surface area contributed by atoms with E-state index in [0.717, 1.165) is 0 Å². The van der Waals surface area contributed by atoms with Gasteiger partial charge in [-0.15, -0.1) is 0 Å². The minimum atomic E-state index is -1.32. The van der Waals surface area contributed by atoms with Gasteiger partial charge in [-0.1, -0.05) is 12.1 Å². The Morgan fingerprint density at radius 3 is 2.68 bits per heavy atom. The van der Waals surface area contributed by atoms with E-state index in [2.05, 4.69) is 10.2 Å². The van der Waals surface area contributed by atoms with Crippen molar-refractivity contribution in [3.63, 3.8) is 0 Å². The molecule has 0 saturated heterocycles. The second-order valence-corrected chi connectivity index (χ2v) is 5.31. The van der Waals surface area contributed by atoms with E-state index in [0.29, 0.717) is 11.3 Å². The van der Waals surface area contributed by atoms with Crippen LogP contribution in [0.4, 0.5) is 5.69 Å². The molecule has 1 heterocycles. The number of H-pyrrole nitrogens is 2. The summed E-state index contributed by atoms with van der Waals surface area (Å²) in [7, 11) is 0. The fourth-order valence-corrected chi connectivity index (χ4v) is 2.68. The first-order valence-electron chi connectivity index (χ1n) is 7.48. The largest absolute Gasteiger partial charge is 0.465 e. The first kappa shape index (κ1) is 17.9. The van der Waals surface area contributed by atoms with Gasteiger partial charge in [0.1, 0.15) is 0 Å². The molecule has 0 aliphatic carbocycles. The van der Waals surface area contributed by atoms with E-state index in [1.165, 1.54) is 24.3 Å². The second-order valence-electron chi connectivity index (χ2n) is 5.31. The molecule has 0 fully saturated rings. The Bertz CT molecular complexity index is 892. The lowest BCUT2D eigenvalue weighted by Crippen LogP contribution is -2.27. The number of carbonyl (C=O) groups is 1. The van der Waals surface area contributed by atoms with Gasteiger partial charge in [-0.25, -0.2) is 0 Å². The summed E-state index contributed by atoms with van der Waals surface area (Å²) >= 11 is 0. The van der Waals surface area contributed by atoms with Crippen LogP contribution in [-0.4, -0.2) is 27.7 Å². The van der Waals surface area contributed by atoms with Gasteiger partial charge >= 0.3 is 5.97 Å². The number of carbonyl (C=O) groups excluding carboxylic acids is 1. The van der Waals surface area contributed by atoms with E-state index in [1.54, 1.807) is 13.8 Å². The molecule has 0 spiro atoms. The van der Waals surface area contributed by atoms with E-state index in [9.17, 15) is 25.0 Å². The number of nitro groups is 1. The van der Waals surface area contributed by atoms with Crippen LogP contribution in [-0.2, 0) is 9.53 Å². The quantitative estimate of drug-likeness (QED) is 0.464. The molecule has 1 aromatic carbocycles. The molecule has 2 aromatic rings. The van der Waals surface area contributed by atoms with E-state index in [4.69, 9.17) is 4.74 Å². The van der Waals surface area contributed by atoms with Crippen molar-refractivity contribution in [2.45, 2.75) is 19.8 Å². The van der Waals surface area contributed by atoms with Gasteiger partial charge in [-0.2, -0.15) is 5.26 Å². The van der Waals surface area contributed by atoms with Gasteiger partial charge < -0.3 is 9.84 Å². The topological polar surface area (TPSA) is 142 Å². The smallest absolute Gasteiger partial charge is 0.324 e. The molecule has 1 aromatic heterocycles. The van der Waals surface area contributed by atoms with Crippen molar-refractivity contribution in [3.05, 3.63) is 61.6 Å². The predicted molar refractivity (Wildman–Crippen MR) is 86.8 cm³/mol. The molecular formula is C16H16N4O5. The lowest BCUT2D eigenvalue weighted by Gasteiger charge is -2.20. The maximum atomic E-state index is 12.2. The Balaban J connectivity index is 2.67. The number of hydrogen-bond donors (Lipinski definition) is 2. The van der Waals surface area contributed by atoms with Crippen molar-refractivity contribution in [3.8, 4) is 6.07 Å². The van der Waals surface area contributed by atoms with Crippen molar-refractivity contribution < 1.29 is 14.5 Å². The summed E-state index contributed by atoms with van der Waals surface area (Å²) in [5.41, 5.74) is 0.208. The number of benzene rings is 1. The summed E-state index contributed by atoms with van der Waals surface area (Å²) in [6.45, 7) is 3.28. The van der Waals surface area contributed by atoms with Gasteiger partial charge in [-0.05, 0) is 19.4 Å².